The van der Waals surface area contributed by atoms with Crippen LogP contribution < -0.4 is 5.32 Å². The summed E-state index contributed by atoms with van der Waals surface area (Å²) in [6, 6.07) is 6.56. The van der Waals surface area contributed by atoms with Crippen LogP contribution >= 0.6 is 0 Å². The molecule has 2 rings (SSSR count). The minimum atomic E-state index is 0.453. The monoisotopic (exact) mass is 245 g/mol. The van der Waals surface area contributed by atoms with Gasteiger partial charge in [-0.05, 0) is 43.6 Å². The Morgan fingerprint density at radius 1 is 1.33 bits per heavy atom. The summed E-state index contributed by atoms with van der Waals surface area (Å²) in [6.45, 7) is 8.61. The number of aryl methyl sites for hydroxylation is 1. The highest BCUT2D eigenvalue weighted by Gasteiger charge is 2.06. The Balaban J connectivity index is 2.07. The first-order valence-electron chi connectivity index (χ1n) is 6.90. The Morgan fingerprint density at radius 3 is 2.89 bits per heavy atom. The zero-order valence-corrected chi connectivity index (χ0v) is 11.6. The van der Waals surface area contributed by atoms with E-state index in [9.17, 15) is 0 Å². The molecule has 18 heavy (non-hydrogen) atoms. The highest BCUT2D eigenvalue weighted by atomic mass is 14.9. The van der Waals surface area contributed by atoms with Gasteiger partial charge in [0.15, 0.2) is 0 Å². The van der Waals surface area contributed by atoms with E-state index in [0.717, 1.165) is 30.9 Å². The van der Waals surface area contributed by atoms with E-state index in [2.05, 4.69) is 54.3 Å². The number of benzene rings is 1. The van der Waals surface area contributed by atoms with E-state index in [1.807, 2.05) is 0 Å². The van der Waals surface area contributed by atoms with Crippen molar-refractivity contribution in [3.63, 3.8) is 0 Å². The molecule has 0 aliphatic heterocycles. The van der Waals surface area contributed by atoms with Gasteiger partial charge in [-0.3, -0.25) is 0 Å². The van der Waals surface area contributed by atoms with E-state index in [0.29, 0.717) is 5.92 Å². The summed E-state index contributed by atoms with van der Waals surface area (Å²) < 4.78 is 0. The first kappa shape index (κ1) is 13.1. The van der Waals surface area contributed by atoms with Crippen molar-refractivity contribution in [1.29, 1.82) is 0 Å². The standard InChI is InChI=1S/C15H23N3/c1-4-16-9-5-6-12-7-8-13-14(10-12)18-15(17-13)11(2)3/h7-8,10-11,16H,4-6,9H2,1-3H3,(H,17,18). The number of imidazole rings is 1. The van der Waals surface area contributed by atoms with Crippen LogP contribution in [0, 0.1) is 0 Å². The minimum absolute atomic E-state index is 0.453. The van der Waals surface area contributed by atoms with E-state index in [1.165, 1.54) is 17.5 Å². The van der Waals surface area contributed by atoms with Crippen LogP contribution in [0.4, 0.5) is 0 Å². The lowest BCUT2D eigenvalue weighted by Gasteiger charge is -2.02. The Bertz CT molecular complexity index is 499. The molecule has 1 heterocycles. The Morgan fingerprint density at radius 2 is 2.17 bits per heavy atom. The highest BCUT2D eigenvalue weighted by molar-refractivity contribution is 5.76. The molecule has 0 fully saturated rings. The quantitative estimate of drug-likeness (QED) is 0.767. The average Bonchev–Trinajstić information content (AvgIpc) is 2.78. The van der Waals surface area contributed by atoms with Crippen molar-refractivity contribution in [2.45, 2.75) is 39.5 Å². The van der Waals surface area contributed by atoms with Crippen LogP contribution in [0.1, 0.15) is 44.5 Å². The number of hydrogen-bond donors (Lipinski definition) is 2. The van der Waals surface area contributed by atoms with Gasteiger partial charge in [-0.15, -0.1) is 0 Å². The van der Waals surface area contributed by atoms with Gasteiger partial charge in [0.2, 0.25) is 0 Å². The van der Waals surface area contributed by atoms with Crippen LogP contribution in [0.5, 0.6) is 0 Å². The third kappa shape index (κ3) is 3.10. The molecule has 0 saturated heterocycles. The summed E-state index contributed by atoms with van der Waals surface area (Å²) in [4.78, 5) is 8.01. The zero-order chi connectivity index (χ0) is 13.0. The maximum atomic E-state index is 4.60. The molecular formula is C15H23N3. The molecule has 0 saturated carbocycles. The molecule has 0 aliphatic rings. The summed E-state index contributed by atoms with van der Waals surface area (Å²) in [5, 5.41) is 3.35. The zero-order valence-electron chi connectivity index (χ0n) is 11.6. The molecule has 2 N–H and O–H groups in total. The van der Waals surface area contributed by atoms with E-state index >= 15 is 0 Å². The summed E-state index contributed by atoms with van der Waals surface area (Å²) in [5.41, 5.74) is 3.63. The van der Waals surface area contributed by atoms with Gasteiger partial charge in [-0.25, -0.2) is 4.98 Å². The number of rotatable bonds is 6. The lowest BCUT2D eigenvalue weighted by Crippen LogP contribution is -2.14. The van der Waals surface area contributed by atoms with Gasteiger partial charge in [0.1, 0.15) is 5.82 Å². The molecule has 0 atom stereocenters. The fraction of sp³-hybridized carbons (Fsp3) is 0.533. The predicted octanol–water partition coefficient (Wildman–Crippen LogP) is 3.23. The lowest BCUT2D eigenvalue weighted by atomic mass is 10.1. The van der Waals surface area contributed by atoms with Gasteiger partial charge < -0.3 is 10.3 Å². The van der Waals surface area contributed by atoms with Crippen molar-refractivity contribution in [3.8, 4) is 0 Å². The number of aromatic nitrogens is 2. The van der Waals surface area contributed by atoms with Crippen LogP contribution in [0.2, 0.25) is 0 Å². The number of nitrogens with zero attached hydrogens (tertiary/aromatic N) is 1. The SMILES string of the molecule is CCNCCCc1ccc2nc(C(C)C)[nH]c2c1. The Kier molecular flexibility index (Phi) is 4.37. The molecule has 1 aromatic carbocycles. The summed E-state index contributed by atoms with van der Waals surface area (Å²) in [7, 11) is 0. The normalized spacial score (nSPS) is 11.6. The van der Waals surface area contributed by atoms with E-state index < -0.39 is 0 Å². The van der Waals surface area contributed by atoms with Crippen LogP contribution in [0.3, 0.4) is 0 Å². The summed E-state index contributed by atoms with van der Waals surface area (Å²) in [5.74, 6) is 1.53. The second kappa shape index (κ2) is 6.01. The predicted molar refractivity (Wildman–Crippen MR) is 77.0 cm³/mol. The minimum Gasteiger partial charge on any atom is -0.342 e. The van der Waals surface area contributed by atoms with Crippen molar-refractivity contribution in [1.82, 2.24) is 15.3 Å². The first-order valence-corrected chi connectivity index (χ1v) is 6.90. The van der Waals surface area contributed by atoms with E-state index in [1.54, 1.807) is 0 Å². The second-order valence-electron chi connectivity index (χ2n) is 5.09. The third-order valence-electron chi connectivity index (χ3n) is 3.18. The van der Waals surface area contributed by atoms with Crippen molar-refractivity contribution < 1.29 is 0 Å². The van der Waals surface area contributed by atoms with Crippen molar-refractivity contribution in [2.24, 2.45) is 0 Å². The highest BCUT2D eigenvalue weighted by Crippen LogP contribution is 2.18. The fourth-order valence-corrected chi connectivity index (χ4v) is 2.10. The van der Waals surface area contributed by atoms with Gasteiger partial charge >= 0.3 is 0 Å². The molecule has 0 bridgehead atoms. The topological polar surface area (TPSA) is 40.7 Å². The molecule has 0 radical (unpaired) electrons. The van der Waals surface area contributed by atoms with Crippen molar-refractivity contribution in [3.05, 3.63) is 29.6 Å². The van der Waals surface area contributed by atoms with Crippen LogP contribution in [0.15, 0.2) is 18.2 Å². The van der Waals surface area contributed by atoms with Gasteiger partial charge in [-0.2, -0.15) is 0 Å². The van der Waals surface area contributed by atoms with Gasteiger partial charge in [0.25, 0.3) is 0 Å². The fourth-order valence-electron chi connectivity index (χ4n) is 2.10. The molecule has 3 nitrogen and oxygen atoms in total. The lowest BCUT2D eigenvalue weighted by molar-refractivity contribution is 0.673. The van der Waals surface area contributed by atoms with Gasteiger partial charge in [0.05, 0.1) is 11.0 Å². The molecular weight excluding hydrogens is 222 g/mol. The molecule has 0 spiro atoms. The number of nitrogens with one attached hydrogen (secondary N) is 2. The van der Waals surface area contributed by atoms with Crippen LogP contribution in [-0.2, 0) is 6.42 Å². The summed E-state index contributed by atoms with van der Waals surface area (Å²) >= 11 is 0. The van der Waals surface area contributed by atoms with E-state index in [-0.39, 0.29) is 0 Å². The van der Waals surface area contributed by atoms with Gasteiger partial charge in [-0.1, -0.05) is 26.8 Å². The maximum absolute atomic E-state index is 4.60. The largest absolute Gasteiger partial charge is 0.342 e. The van der Waals surface area contributed by atoms with E-state index in [4.69, 9.17) is 0 Å². The molecule has 3 heteroatoms. The Hall–Kier alpha value is -1.35. The number of fused-ring (bicyclic) bond motifs is 1. The van der Waals surface area contributed by atoms with Crippen LogP contribution in [-0.4, -0.2) is 23.1 Å². The summed E-state index contributed by atoms with van der Waals surface area (Å²) in [6.07, 6.45) is 2.31. The Labute approximate surface area is 109 Å². The molecule has 2 aromatic rings. The van der Waals surface area contributed by atoms with Crippen LogP contribution in [0.25, 0.3) is 11.0 Å². The molecule has 1 aromatic heterocycles. The number of hydrogen-bond acceptors (Lipinski definition) is 2. The second-order valence-corrected chi connectivity index (χ2v) is 5.09. The molecule has 0 amide bonds. The van der Waals surface area contributed by atoms with Gasteiger partial charge in [0, 0.05) is 5.92 Å². The van der Waals surface area contributed by atoms with Crippen molar-refractivity contribution >= 4 is 11.0 Å². The maximum Gasteiger partial charge on any atom is 0.109 e. The smallest absolute Gasteiger partial charge is 0.109 e. The van der Waals surface area contributed by atoms with Crippen molar-refractivity contribution in [2.75, 3.05) is 13.1 Å². The molecule has 0 unspecified atom stereocenters. The molecule has 98 valence electrons. The molecule has 0 aliphatic carbocycles. The number of H-pyrrole nitrogens is 1. The third-order valence-corrected chi connectivity index (χ3v) is 3.18. The number of aromatic amines is 1. The average molecular weight is 245 g/mol. The first-order chi connectivity index (χ1) is 8.70.